The summed E-state index contributed by atoms with van der Waals surface area (Å²) >= 11 is 0. The van der Waals surface area contributed by atoms with Crippen molar-refractivity contribution in [2.75, 3.05) is 11.4 Å². The molecule has 3 rings (SSSR count). The summed E-state index contributed by atoms with van der Waals surface area (Å²) in [6, 6.07) is 10.7. The molecule has 4 nitrogen and oxygen atoms in total. The van der Waals surface area contributed by atoms with Crippen LogP contribution in [0.1, 0.15) is 29.9 Å². The number of carboxylic acids is 1. The van der Waals surface area contributed by atoms with Gasteiger partial charge in [0.2, 0.25) is 5.91 Å². The Bertz CT molecular complexity index is 822. The van der Waals surface area contributed by atoms with E-state index < -0.39 is 23.5 Å². The van der Waals surface area contributed by atoms with E-state index in [0.717, 1.165) is 12.1 Å². The third kappa shape index (κ3) is 3.52. The lowest BCUT2D eigenvalue weighted by Crippen LogP contribution is -2.31. The van der Waals surface area contributed by atoms with Gasteiger partial charge in [-0.3, -0.25) is 9.59 Å². The number of benzene rings is 2. The van der Waals surface area contributed by atoms with Crippen LogP contribution in [0.3, 0.4) is 0 Å². The number of aryl methyl sites for hydroxylation is 1. The van der Waals surface area contributed by atoms with E-state index in [1.807, 2.05) is 0 Å². The fourth-order valence-corrected chi connectivity index (χ4v) is 3.13. The zero-order valence-corrected chi connectivity index (χ0v) is 13.4. The molecule has 0 saturated heterocycles. The molecule has 1 aliphatic rings. The van der Waals surface area contributed by atoms with Gasteiger partial charge in [0.25, 0.3) is 0 Å². The van der Waals surface area contributed by atoms with Crippen molar-refractivity contribution in [3.63, 3.8) is 0 Å². The molecule has 0 aromatic heterocycles. The van der Waals surface area contributed by atoms with E-state index in [9.17, 15) is 23.5 Å². The number of carbonyl (C=O) groups excluding carboxylic acids is 1. The van der Waals surface area contributed by atoms with Gasteiger partial charge in [0.05, 0.1) is 0 Å². The fraction of sp³-hybridized carbons (Fsp3) is 0.263. The number of carbonyl (C=O) groups is 2. The molecule has 0 fully saturated rings. The lowest BCUT2D eigenvalue weighted by Gasteiger charge is -2.17. The van der Waals surface area contributed by atoms with Gasteiger partial charge >= 0.3 is 5.97 Å². The first-order valence-electron chi connectivity index (χ1n) is 8.03. The van der Waals surface area contributed by atoms with Crippen LogP contribution in [0.4, 0.5) is 14.5 Å². The molecule has 2 aromatic carbocycles. The summed E-state index contributed by atoms with van der Waals surface area (Å²) in [6.45, 7) is 0.124. The van der Waals surface area contributed by atoms with E-state index in [0.29, 0.717) is 29.7 Å². The monoisotopic (exact) mass is 345 g/mol. The Balaban J connectivity index is 1.64. The van der Waals surface area contributed by atoms with E-state index >= 15 is 0 Å². The molecule has 1 aliphatic heterocycles. The van der Waals surface area contributed by atoms with Crippen molar-refractivity contribution in [3.8, 4) is 0 Å². The molecule has 0 radical (unpaired) electrons. The molecule has 0 bridgehead atoms. The van der Waals surface area contributed by atoms with Crippen molar-refractivity contribution in [2.45, 2.75) is 25.2 Å². The standard InChI is InChI=1S/C19H17F2NO3/c20-15-9-8-12(10-16(15)21)4-3-7-18(23)22-11-14(19(24)25)13-5-1-2-6-17(13)22/h1-2,5-6,8-10,14H,3-4,7,11H2,(H,24,25). The van der Waals surface area contributed by atoms with Crippen LogP contribution in [0.15, 0.2) is 42.5 Å². The smallest absolute Gasteiger partial charge is 0.312 e. The molecule has 130 valence electrons. The molecule has 0 aliphatic carbocycles. The third-order valence-corrected chi connectivity index (χ3v) is 4.41. The maximum Gasteiger partial charge on any atom is 0.312 e. The molecule has 1 unspecified atom stereocenters. The Kier molecular flexibility index (Phi) is 4.79. The number of anilines is 1. The minimum absolute atomic E-state index is 0.124. The van der Waals surface area contributed by atoms with Crippen LogP contribution >= 0.6 is 0 Å². The predicted molar refractivity (Wildman–Crippen MR) is 88.5 cm³/mol. The van der Waals surface area contributed by atoms with E-state index in [-0.39, 0.29) is 18.9 Å². The van der Waals surface area contributed by atoms with Crippen LogP contribution in [0.25, 0.3) is 0 Å². The van der Waals surface area contributed by atoms with Gasteiger partial charge in [-0.05, 0) is 42.2 Å². The summed E-state index contributed by atoms with van der Waals surface area (Å²) in [5, 5.41) is 9.33. The number of nitrogens with zero attached hydrogens (tertiary/aromatic N) is 1. The quantitative estimate of drug-likeness (QED) is 0.902. The van der Waals surface area contributed by atoms with E-state index in [1.54, 1.807) is 24.3 Å². The Labute approximate surface area is 143 Å². The highest BCUT2D eigenvalue weighted by molar-refractivity contribution is 5.98. The summed E-state index contributed by atoms with van der Waals surface area (Å²) < 4.78 is 26.1. The van der Waals surface area contributed by atoms with Gasteiger partial charge in [-0.2, -0.15) is 0 Å². The largest absolute Gasteiger partial charge is 0.481 e. The number of hydrogen-bond donors (Lipinski definition) is 1. The summed E-state index contributed by atoms with van der Waals surface area (Å²) in [7, 11) is 0. The number of halogens is 2. The van der Waals surface area contributed by atoms with E-state index in [2.05, 4.69) is 0 Å². The number of carboxylic acid groups (broad SMARTS) is 1. The summed E-state index contributed by atoms with van der Waals surface area (Å²) in [5.41, 5.74) is 1.90. The van der Waals surface area contributed by atoms with Crippen molar-refractivity contribution in [2.24, 2.45) is 0 Å². The first-order valence-corrected chi connectivity index (χ1v) is 8.03. The molecule has 1 heterocycles. The summed E-state index contributed by atoms with van der Waals surface area (Å²) in [6.07, 6.45) is 1.13. The van der Waals surface area contributed by atoms with Crippen LogP contribution in [0, 0.1) is 11.6 Å². The molecular weight excluding hydrogens is 328 g/mol. The first kappa shape index (κ1) is 17.1. The predicted octanol–water partition coefficient (Wildman–Crippen LogP) is 3.50. The summed E-state index contributed by atoms with van der Waals surface area (Å²) in [4.78, 5) is 25.4. The van der Waals surface area contributed by atoms with Crippen molar-refractivity contribution in [3.05, 3.63) is 65.2 Å². The van der Waals surface area contributed by atoms with Crippen LogP contribution in [-0.4, -0.2) is 23.5 Å². The number of fused-ring (bicyclic) bond motifs is 1. The van der Waals surface area contributed by atoms with Crippen molar-refractivity contribution in [1.82, 2.24) is 0 Å². The normalized spacial score (nSPS) is 15.9. The first-order chi connectivity index (χ1) is 12.0. The van der Waals surface area contributed by atoms with Gasteiger partial charge in [-0.15, -0.1) is 0 Å². The minimum Gasteiger partial charge on any atom is -0.481 e. The highest BCUT2D eigenvalue weighted by Gasteiger charge is 2.35. The molecule has 0 spiro atoms. The zero-order valence-electron chi connectivity index (χ0n) is 13.4. The van der Waals surface area contributed by atoms with Gasteiger partial charge in [-0.1, -0.05) is 24.3 Å². The Morgan fingerprint density at radius 2 is 1.88 bits per heavy atom. The second-order valence-electron chi connectivity index (χ2n) is 6.06. The minimum atomic E-state index is -0.954. The average molecular weight is 345 g/mol. The van der Waals surface area contributed by atoms with Crippen LogP contribution < -0.4 is 4.90 Å². The average Bonchev–Trinajstić information content (AvgIpc) is 2.98. The van der Waals surface area contributed by atoms with Crippen LogP contribution in [-0.2, 0) is 16.0 Å². The summed E-state index contributed by atoms with van der Waals surface area (Å²) in [5.74, 6) is -3.63. The highest BCUT2D eigenvalue weighted by Crippen LogP contribution is 2.36. The maximum atomic E-state index is 13.2. The van der Waals surface area contributed by atoms with E-state index in [1.165, 1.54) is 11.0 Å². The lowest BCUT2D eigenvalue weighted by atomic mass is 10.0. The van der Waals surface area contributed by atoms with Crippen LogP contribution in [0.2, 0.25) is 0 Å². The van der Waals surface area contributed by atoms with Gasteiger partial charge in [0.1, 0.15) is 5.92 Å². The van der Waals surface area contributed by atoms with Crippen molar-refractivity contribution in [1.29, 1.82) is 0 Å². The Morgan fingerprint density at radius 3 is 2.60 bits per heavy atom. The molecule has 1 atom stereocenters. The van der Waals surface area contributed by atoms with Gasteiger partial charge < -0.3 is 10.0 Å². The Morgan fingerprint density at radius 1 is 1.12 bits per heavy atom. The Hall–Kier alpha value is -2.76. The molecule has 2 aromatic rings. The van der Waals surface area contributed by atoms with Gasteiger partial charge in [-0.25, -0.2) is 8.78 Å². The number of amides is 1. The number of para-hydroxylation sites is 1. The van der Waals surface area contributed by atoms with Crippen LogP contribution in [0.5, 0.6) is 0 Å². The number of rotatable bonds is 5. The maximum absolute atomic E-state index is 13.2. The SMILES string of the molecule is O=C(O)C1CN(C(=O)CCCc2ccc(F)c(F)c2)c2ccccc21. The highest BCUT2D eigenvalue weighted by atomic mass is 19.2. The molecule has 0 saturated carbocycles. The molecule has 6 heteroatoms. The third-order valence-electron chi connectivity index (χ3n) is 4.41. The molecule has 25 heavy (non-hydrogen) atoms. The molecular formula is C19H17F2NO3. The zero-order chi connectivity index (χ0) is 18.0. The second-order valence-corrected chi connectivity index (χ2v) is 6.06. The number of hydrogen-bond acceptors (Lipinski definition) is 2. The van der Waals surface area contributed by atoms with Gasteiger partial charge in [0, 0.05) is 18.7 Å². The van der Waals surface area contributed by atoms with Gasteiger partial charge in [0.15, 0.2) is 11.6 Å². The number of aliphatic carboxylic acids is 1. The molecule has 1 N–H and O–H groups in total. The fourth-order valence-electron chi connectivity index (χ4n) is 3.13. The second kappa shape index (κ2) is 7.01. The molecule has 1 amide bonds. The van der Waals surface area contributed by atoms with Crippen molar-refractivity contribution >= 4 is 17.6 Å². The topological polar surface area (TPSA) is 57.6 Å². The van der Waals surface area contributed by atoms with Crippen molar-refractivity contribution < 1.29 is 23.5 Å². The van der Waals surface area contributed by atoms with E-state index in [4.69, 9.17) is 0 Å². The lowest BCUT2D eigenvalue weighted by molar-refractivity contribution is -0.138.